The highest BCUT2D eigenvalue weighted by Gasteiger charge is 2.39. The third-order valence-electron chi connectivity index (χ3n) is 3.21. The number of aryl methyl sites for hydroxylation is 1. The van der Waals surface area contributed by atoms with Crippen molar-refractivity contribution in [3.8, 4) is 0 Å². The zero-order valence-corrected chi connectivity index (χ0v) is 14.3. The van der Waals surface area contributed by atoms with Gasteiger partial charge in [-0.2, -0.15) is 16.1 Å². The van der Waals surface area contributed by atoms with Crippen LogP contribution in [0, 0.1) is 6.92 Å². The van der Waals surface area contributed by atoms with Crippen LogP contribution in [0.25, 0.3) is 0 Å². The summed E-state index contributed by atoms with van der Waals surface area (Å²) in [6.45, 7) is 1.92. The first-order chi connectivity index (χ1) is 9.62. The molecule has 0 amide bonds. The second-order valence-electron chi connectivity index (χ2n) is 5.05. The highest BCUT2D eigenvalue weighted by Crippen LogP contribution is 2.28. The molecule has 118 valence electrons. The molecule has 1 aliphatic rings. The first kappa shape index (κ1) is 16.6. The Kier molecular flexibility index (Phi) is 4.57. The number of nitrogens with two attached hydrogens (primary N) is 1. The van der Waals surface area contributed by atoms with E-state index in [4.69, 9.17) is 5.73 Å². The van der Waals surface area contributed by atoms with Crippen LogP contribution in [-0.2, 0) is 19.9 Å². The quantitative estimate of drug-likeness (QED) is 0.805. The zero-order valence-electron chi connectivity index (χ0n) is 11.8. The number of rotatable bonds is 3. The Morgan fingerprint density at radius 3 is 2.48 bits per heavy atom. The van der Waals surface area contributed by atoms with Gasteiger partial charge in [-0.15, -0.1) is 0 Å². The Bertz CT molecular complexity index is 724. The van der Waals surface area contributed by atoms with E-state index in [0.717, 1.165) is 16.1 Å². The molecular formula is C12H18N2O4S3. The van der Waals surface area contributed by atoms with Gasteiger partial charge in [0.05, 0.1) is 4.90 Å². The molecule has 0 spiro atoms. The molecule has 0 radical (unpaired) electrons. The standard InChI is InChI=1S/C12H18N2O4S3/c1-9-5-10(13)7-11(6-9)21(17,18)14-3-4-19-8-12(14)20(2,15)16/h5-7,12H,3-4,8,13H2,1-2H3. The minimum Gasteiger partial charge on any atom is -0.399 e. The SMILES string of the molecule is Cc1cc(N)cc(S(=O)(=O)N2CCSCC2S(C)(=O)=O)c1. The highest BCUT2D eigenvalue weighted by molar-refractivity contribution is 8.01. The third kappa shape index (κ3) is 3.53. The predicted molar refractivity (Wildman–Crippen MR) is 85.4 cm³/mol. The molecular weight excluding hydrogens is 332 g/mol. The second kappa shape index (κ2) is 5.79. The number of thioether (sulfide) groups is 1. The monoisotopic (exact) mass is 350 g/mol. The number of nitrogen functional groups attached to an aromatic ring is 1. The maximum absolute atomic E-state index is 12.7. The Morgan fingerprint density at radius 1 is 1.24 bits per heavy atom. The van der Waals surface area contributed by atoms with Crippen molar-refractivity contribution < 1.29 is 16.8 Å². The molecule has 1 unspecified atom stereocenters. The van der Waals surface area contributed by atoms with Crippen LogP contribution in [0.4, 0.5) is 5.69 Å². The summed E-state index contributed by atoms with van der Waals surface area (Å²) in [6.07, 6.45) is 1.07. The Hall–Kier alpha value is -0.770. The summed E-state index contributed by atoms with van der Waals surface area (Å²) in [5.41, 5.74) is 6.76. The number of nitrogens with zero attached hydrogens (tertiary/aromatic N) is 1. The zero-order chi connectivity index (χ0) is 15.8. The fourth-order valence-corrected chi connectivity index (χ4v) is 7.55. The fraction of sp³-hybridized carbons (Fsp3) is 0.500. The predicted octanol–water partition coefficient (Wildman–Crippen LogP) is 0.685. The van der Waals surface area contributed by atoms with Gasteiger partial charge in [0.1, 0.15) is 5.37 Å². The molecule has 1 aliphatic heterocycles. The molecule has 1 heterocycles. The lowest BCUT2D eigenvalue weighted by Crippen LogP contribution is -2.49. The first-order valence-electron chi connectivity index (χ1n) is 6.28. The molecule has 9 heteroatoms. The molecule has 1 atom stereocenters. The second-order valence-corrected chi connectivity index (χ2v) is 10.3. The number of sulfone groups is 1. The normalized spacial score (nSPS) is 21.3. The molecule has 2 N–H and O–H groups in total. The topological polar surface area (TPSA) is 97.5 Å². The lowest BCUT2D eigenvalue weighted by molar-refractivity contribution is 0.405. The summed E-state index contributed by atoms with van der Waals surface area (Å²) in [6, 6.07) is 4.54. The van der Waals surface area contributed by atoms with Crippen molar-refractivity contribution in [1.82, 2.24) is 4.31 Å². The molecule has 0 aliphatic carbocycles. The van der Waals surface area contributed by atoms with E-state index >= 15 is 0 Å². The summed E-state index contributed by atoms with van der Waals surface area (Å²) in [7, 11) is -7.37. The van der Waals surface area contributed by atoms with E-state index in [-0.39, 0.29) is 17.2 Å². The Labute approximate surface area is 129 Å². The van der Waals surface area contributed by atoms with Crippen molar-refractivity contribution in [3.63, 3.8) is 0 Å². The van der Waals surface area contributed by atoms with Crippen molar-refractivity contribution in [2.75, 3.05) is 30.0 Å². The Morgan fingerprint density at radius 2 is 1.90 bits per heavy atom. The van der Waals surface area contributed by atoms with E-state index in [2.05, 4.69) is 0 Å². The van der Waals surface area contributed by atoms with E-state index in [1.807, 2.05) is 0 Å². The first-order valence-corrected chi connectivity index (χ1v) is 10.8. The molecule has 0 aromatic heterocycles. The molecule has 1 aromatic rings. The summed E-state index contributed by atoms with van der Waals surface area (Å²) in [4.78, 5) is 0.0422. The van der Waals surface area contributed by atoms with Crippen molar-refractivity contribution in [3.05, 3.63) is 23.8 Å². The molecule has 0 saturated carbocycles. The van der Waals surface area contributed by atoms with Crippen molar-refractivity contribution in [2.24, 2.45) is 0 Å². The van der Waals surface area contributed by atoms with Crippen molar-refractivity contribution in [1.29, 1.82) is 0 Å². The molecule has 6 nitrogen and oxygen atoms in total. The summed E-state index contributed by atoms with van der Waals surface area (Å²) >= 11 is 1.44. The Balaban J connectivity index is 2.50. The number of sulfonamides is 1. The van der Waals surface area contributed by atoms with Gasteiger partial charge in [-0.05, 0) is 30.7 Å². The van der Waals surface area contributed by atoms with Crippen LogP contribution in [0.3, 0.4) is 0 Å². The van der Waals surface area contributed by atoms with Gasteiger partial charge in [-0.25, -0.2) is 16.8 Å². The van der Waals surface area contributed by atoms with Gasteiger partial charge in [0.2, 0.25) is 10.0 Å². The van der Waals surface area contributed by atoms with Crippen LogP contribution in [-0.4, -0.2) is 50.8 Å². The molecule has 1 saturated heterocycles. The third-order valence-corrected chi connectivity index (χ3v) is 7.87. The van der Waals surface area contributed by atoms with E-state index in [9.17, 15) is 16.8 Å². The van der Waals surface area contributed by atoms with Crippen molar-refractivity contribution in [2.45, 2.75) is 17.2 Å². The van der Waals surface area contributed by atoms with E-state index < -0.39 is 25.2 Å². The van der Waals surface area contributed by atoms with Crippen LogP contribution >= 0.6 is 11.8 Å². The molecule has 21 heavy (non-hydrogen) atoms. The van der Waals surface area contributed by atoms with E-state index in [1.165, 1.54) is 23.9 Å². The lowest BCUT2D eigenvalue weighted by atomic mass is 10.2. The van der Waals surface area contributed by atoms with Crippen LogP contribution in [0.1, 0.15) is 5.56 Å². The summed E-state index contributed by atoms with van der Waals surface area (Å²) in [5.74, 6) is 0.825. The maximum atomic E-state index is 12.7. The van der Waals surface area contributed by atoms with Gasteiger partial charge in [-0.3, -0.25) is 0 Å². The fourth-order valence-electron chi connectivity index (χ4n) is 2.24. The number of benzene rings is 1. The van der Waals surface area contributed by atoms with Gasteiger partial charge >= 0.3 is 0 Å². The molecule has 0 bridgehead atoms. The molecule has 2 rings (SSSR count). The van der Waals surface area contributed by atoms with E-state index in [1.54, 1.807) is 13.0 Å². The van der Waals surface area contributed by atoms with Crippen LogP contribution in [0.5, 0.6) is 0 Å². The lowest BCUT2D eigenvalue weighted by Gasteiger charge is -2.33. The molecule has 1 fully saturated rings. The highest BCUT2D eigenvalue weighted by atomic mass is 32.2. The smallest absolute Gasteiger partial charge is 0.244 e. The summed E-state index contributed by atoms with van der Waals surface area (Å²) < 4.78 is 50.3. The largest absolute Gasteiger partial charge is 0.399 e. The average molecular weight is 350 g/mol. The number of hydrogen-bond donors (Lipinski definition) is 1. The van der Waals surface area contributed by atoms with Gasteiger partial charge in [0, 0.05) is 30.0 Å². The summed E-state index contributed by atoms with van der Waals surface area (Å²) in [5, 5.41) is -1.03. The van der Waals surface area contributed by atoms with Crippen molar-refractivity contribution >= 4 is 37.3 Å². The minimum atomic E-state index is -3.88. The number of anilines is 1. The van der Waals surface area contributed by atoms with Gasteiger partial charge < -0.3 is 5.73 Å². The van der Waals surface area contributed by atoms with Crippen LogP contribution in [0.15, 0.2) is 23.1 Å². The maximum Gasteiger partial charge on any atom is 0.244 e. The minimum absolute atomic E-state index is 0.0422. The van der Waals surface area contributed by atoms with Gasteiger partial charge in [0.25, 0.3) is 0 Å². The van der Waals surface area contributed by atoms with Crippen LogP contribution < -0.4 is 5.73 Å². The average Bonchev–Trinajstić information content (AvgIpc) is 2.36. The van der Waals surface area contributed by atoms with Crippen LogP contribution in [0.2, 0.25) is 0 Å². The molecule has 1 aromatic carbocycles. The number of hydrogen-bond acceptors (Lipinski definition) is 6. The van der Waals surface area contributed by atoms with E-state index in [0.29, 0.717) is 11.4 Å². The van der Waals surface area contributed by atoms with Gasteiger partial charge in [0.15, 0.2) is 9.84 Å². The van der Waals surface area contributed by atoms with Gasteiger partial charge in [-0.1, -0.05) is 0 Å².